The second-order valence-electron chi connectivity index (χ2n) is 7.32. The number of methoxy groups -OCH3 is 1. The number of ether oxygens (including phenoxy) is 1. The SMILES string of the molecule is CCN(CC)c1ccc2c(c1)C1C=CCC1C(c1cccc(OC)c1O)N2. The van der Waals surface area contributed by atoms with Crippen molar-refractivity contribution < 1.29 is 9.84 Å². The van der Waals surface area contributed by atoms with Crippen molar-refractivity contribution in [3.8, 4) is 11.5 Å². The summed E-state index contributed by atoms with van der Waals surface area (Å²) in [4.78, 5) is 2.38. The van der Waals surface area contributed by atoms with Gasteiger partial charge in [0.2, 0.25) is 0 Å². The highest BCUT2D eigenvalue weighted by molar-refractivity contribution is 5.66. The van der Waals surface area contributed by atoms with Crippen molar-refractivity contribution in [3.05, 3.63) is 59.7 Å². The van der Waals surface area contributed by atoms with Gasteiger partial charge in [0.25, 0.3) is 0 Å². The fourth-order valence-electron chi connectivity index (χ4n) is 4.63. The maximum Gasteiger partial charge on any atom is 0.163 e. The molecule has 1 heterocycles. The Balaban J connectivity index is 1.75. The van der Waals surface area contributed by atoms with Crippen LogP contribution < -0.4 is 15.0 Å². The Kier molecular flexibility index (Phi) is 4.73. The molecule has 0 fully saturated rings. The molecule has 27 heavy (non-hydrogen) atoms. The number of hydrogen-bond acceptors (Lipinski definition) is 4. The van der Waals surface area contributed by atoms with Gasteiger partial charge in [-0.2, -0.15) is 0 Å². The second-order valence-corrected chi connectivity index (χ2v) is 7.32. The number of rotatable bonds is 5. The minimum atomic E-state index is 0.0619. The fourth-order valence-corrected chi connectivity index (χ4v) is 4.63. The number of para-hydroxylation sites is 1. The summed E-state index contributed by atoms with van der Waals surface area (Å²) >= 11 is 0. The molecule has 0 saturated carbocycles. The van der Waals surface area contributed by atoms with Crippen molar-refractivity contribution >= 4 is 11.4 Å². The maximum atomic E-state index is 10.7. The van der Waals surface area contributed by atoms with Crippen LogP contribution in [0, 0.1) is 5.92 Å². The van der Waals surface area contributed by atoms with E-state index in [1.54, 1.807) is 13.2 Å². The van der Waals surface area contributed by atoms with Crippen LogP contribution in [0.15, 0.2) is 48.6 Å². The van der Waals surface area contributed by atoms with Gasteiger partial charge in [0.1, 0.15) is 0 Å². The molecule has 0 saturated heterocycles. The Labute approximate surface area is 161 Å². The minimum absolute atomic E-state index is 0.0619. The Bertz CT molecular complexity index is 857. The molecule has 4 heteroatoms. The van der Waals surface area contributed by atoms with Crippen LogP contribution in [0.25, 0.3) is 0 Å². The minimum Gasteiger partial charge on any atom is -0.504 e. The normalized spacial score (nSPS) is 22.7. The molecule has 0 bridgehead atoms. The van der Waals surface area contributed by atoms with Gasteiger partial charge in [-0.05, 0) is 56.0 Å². The molecule has 0 amide bonds. The predicted octanol–water partition coefficient (Wildman–Crippen LogP) is 5.07. The summed E-state index contributed by atoms with van der Waals surface area (Å²) in [6.45, 7) is 6.40. The van der Waals surface area contributed by atoms with Gasteiger partial charge in [-0.1, -0.05) is 24.3 Å². The molecule has 4 nitrogen and oxygen atoms in total. The predicted molar refractivity (Wildman–Crippen MR) is 111 cm³/mol. The number of aromatic hydroxyl groups is 1. The van der Waals surface area contributed by atoms with Crippen molar-refractivity contribution in [2.45, 2.75) is 32.2 Å². The highest BCUT2D eigenvalue weighted by atomic mass is 16.5. The summed E-state index contributed by atoms with van der Waals surface area (Å²) in [5.41, 5.74) is 4.71. The second kappa shape index (κ2) is 7.18. The van der Waals surface area contributed by atoms with E-state index < -0.39 is 0 Å². The zero-order valence-corrected chi connectivity index (χ0v) is 16.3. The van der Waals surface area contributed by atoms with E-state index in [9.17, 15) is 5.11 Å². The number of fused-ring (bicyclic) bond motifs is 3. The van der Waals surface area contributed by atoms with Crippen LogP contribution in [0.5, 0.6) is 11.5 Å². The third-order valence-electron chi connectivity index (χ3n) is 6.06. The molecule has 0 radical (unpaired) electrons. The summed E-state index contributed by atoms with van der Waals surface area (Å²) in [7, 11) is 1.59. The first-order chi connectivity index (χ1) is 13.2. The van der Waals surface area contributed by atoms with Crippen LogP contribution >= 0.6 is 0 Å². The van der Waals surface area contributed by atoms with Gasteiger partial charge >= 0.3 is 0 Å². The van der Waals surface area contributed by atoms with Crippen LogP contribution in [-0.4, -0.2) is 25.3 Å². The highest BCUT2D eigenvalue weighted by Gasteiger charge is 2.39. The molecule has 4 rings (SSSR count). The molecule has 3 unspecified atom stereocenters. The van der Waals surface area contributed by atoms with Crippen molar-refractivity contribution in [2.75, 3.05) is 30.4 Å². The van der Waals surface area contributed by atoms with Gasteiger partial charge < -0.3 is 20.1 Å². The largest absolute Gasteiger partial charge is 0.504 e. The summed E-state index contributed by atoms with van der Waals surface area (Å²) in [5.74, 6) is 1.53. The lowest BCUT2D eigenvalue weighted by molar-refractivity contribution is 0.358. The highest BCUT2D eigenvalue weighted by Crippen LogP contribution is 2.52. The van der Waals surface area contributed by atoms with Gasteiger partial charge in [-0.3, -0.25) is 0 Å². The van der Waals surface area contributed by atoms with Crippen molar-refractivity contribution in [1.29, 1.82) is 0 Å². The van der Waals surface area contributed by atoms with E-state index in [2.05, 4.69) is 54.4 Å². The average molecular weight is 364 g/mol. The third-order valence-corrected chi connectivity index (χ3v) is 6.06. The Morgan fingerprint density at radius 3 is 2.70 bits per heavy atom. The lowest BCUT2D eigenvalue weighted by Crippen LogP contribution is -2.30. The van der Waals surface area contributed by atoms with E-state index >= 15 is 0 Å². The van der Waals surface area contributed by atoms with Gasteiger partial charge in [0, 0.05) is 35.9 Å². The number of hydrogen-bond donors (Lipinski definition) is 2. The van der Waals surface area contributed by atoms with Crippen molar-refractivity contribution in [3.63, 3.8) is 0 Å². The van der Waals surface area contributed by atoms with Crippen LogP contribution in [-0.2, 0) is 0 Å². The van der Waals surface area contributed by atoms with Crippen LogP contribution in [0.3, 0.4) is 0 Å². The van der Waals surface area contributed by atoms with E-state index in [1.165, 1.54) is 11.3 Å². The monoisotopic (exact) mass is 364 g/mol. The molecule has 0 aromatic heterocycles. The molecule has 2 aliphatic rings. The van der Waals surface area contributed by atoms with Crippen LogP contribution in [0.1, 0.15) is 43.4 Å². The van der Waals surface area contributed by atoms with E-state index in [-0.39, 0.29) is 11.8 Å². The summed E-state index contributed by atoms with van der Waals surface area (Å²) < 4.78 is 5.33. The lowest BCUT2D eigenvalue weighted by Gasteiger charge is -2.38. The molecule has 1 aliphatic heterocycles. The fraction of sp³-hybridized carbons (Fsp3) is 0.391. The Morgan fingerprint density at radius 2 is 1.96 bits per heavy atom. The smallest absolute Gasteiger partial charge is 0.163 e. The maximum absolute atomic E-state index is 10.7. The molecule has 3 atom stereocenters. The molecular formula is C23H28N2O2. The number of nitrogens with one attached hydrogen (secondary N) is 1. The summed E-state index contributed by atoms with van der Waals surface area (Å²) in [6.07, 6.45) is 5.62. The van der Waals surface area contributed by atoms with Crippen LogP contribution in [0.4, 0.5) is 11.4 Å². The van der Waals surface area contributed by atoms with Gasteiger partial charge in [0.05, 0.1) is 13.2 Å². The van der Waals surface area contributed by atoms with Crippen molar-refractivity contribution in [1.82, 2.24) is 0 Å². The van der Waals surface area contributed by atoms with E-state index in [0.29, 0.717) is 17.6 Å². The number of benzene rings is 2. The molecule has 142 valence electrons. The summed E-state index contributed by atoms with van der Waals surface area (Å²) in [5, 5.41) is 14.4. The molecule has 2 N–H and O–H groups in total. The molecule has 0 spiro atoms. The number of phenolic OH excluding ortho intramolecular Hbond substituents is 1. The zero-order valence-electron chi connectivity index (χ0n) is 16.3. The quantitative estimate of drug-likeness (QED) is 0.727. The Morgan fingerprint density at radius 1 is 1.15 bits per heavy atom. The van der Waals surface area contributed by atoms with E-state index in [1.807, 2.05) is 12.1 Å². The van der Waals surface area contributed by atoms with Crippen molar-refractivity contribution in [2.24, 2.45) is 5.92 Å². The third kappa shape index (κ3) is 2.93. The van der Waals surface area contributed by atoms with Gasteiger partial charge in [-0.15, -0.1) is 0 Å². The van der Waals surface area contributed by atoms with Crippen LogP contribution in [0.2, 0.25) is 0 Å². The lowest BCUT2D eigenvalue weighted by atomic mass is 9.76. The zero-order chi connectivity index (χ0) is 19.0. The van der Waals surface area contributed by atoms with E-state index in [4.69, 9.17) is 4.74 Å². The molecule has 1 aliphatic carbocycles. The number of nitrogens with zero attached hydrogens (tertiary/aromatic N) is 1. The van der Waals surface area contributed by atoms with Gasteiger partial charge in [-0.25, -0.2) is 0 Å². The first kappa shape index (κ1) is 17.8. The van der Waals surface area contributed by atoms with Gasteiger partial charge in [0.15, 0.2) is 11.5 Å². The standard InChI is InChI=1S/C23H28N2O2/c1-4-25(5-2)15-12-13-20-19(14-15)16-8-6-9-17(16)22(24-20)18-10-7-11-21(27-3)23(18)26/h6-8,10-14,16-17,22,24,26H,4-5,9H2,1-3H3. The molecular weight excluding hydrogens is 336 g/mol. The number of anilines is 2. The number of allylic oxidation sites excluding steroid dienone is 2. The first-order valence-corrected chi connectivity index (χ1v) is 9.85. The Hall–Kier alpha value is -2.62. The first-order valence-electron chi connectivity index (χ1n) is 9.85. The topological polar surface area (TPSA) is 44.7 Å². The molecule has 2 aromatic carbocycles. The van der Waals surface area contributed by atoms with E-state index in [0.717, 1.165) is 30.8 Å². The molecule has 2 aromatic rings. The average Bonchev–Trinajstić information content (AvgIpc) is 3.19. The summed E-state index contributed by atoms with van der Waals surface area (Å²) in [6, 6.07) is 12.5. The number of phenols is 1.